The first-order valence-corrected chi connectivity index (χ1v) is 7.24. The van der Waals surface area contributed by atoms with Crippen LogP contribution in [-0.4, -0.2) is 10.9 Å². The lowest BCUT2D eigenvalue weighted by molar-refractivity contribution is 0.102. The molecule has 21 heavy (non-hydrogen) atoms. The molecule has 0 fully saturated rings. The number of para-hydroxylation sites is 1. The number of hydrogen-bond donors (Lipinski definition) is 2. The highest BCUT2D eigenvalue weighted by Crippen LogP contribution is 2.19. The third-order valence-electron chi connectivity index (χ3n) is 3.58. The van der Waals surface area contributed by atoms with E-state index in [0.29, 0.717) is 5.56 Å². The fourth-order valence-corrected chi connectivity index (χ4v) is 2.52. The first-order chi connectivity index (χ1) is 10.3. The molecule has 3 aromatic rings. The van der Waals surface area contributed by atoms with Gasteiger partial charge < -0.3 is 10.3 Å². The molecule has 3 rings (SSSR count). The Bertz CT molecular complexity index is 756. The Kier molecular flexibility index (Phi) is 3.73. The Balaban J connectivity index is 1.81. The number of rotatable bonds is 4. The monoisotopic (exact) mass is 278 g/mol. The van der Waals surface area contributed by atoms with Gasteiger partial charge in [0.1, 0.15) is 0 Å². The molecule has 2 N–H and O–H groups in total. The maximum Gasteiger partial charge on any atom is 0.257 e. The van der Waals surface area contributed by atoms with Crippen molar-refractivity contribution in [1.82, 2.24) is 4.98 Å². The van der Waals surface area contributed by atoms with E-state index < -0.39 is 0 Å². The van der Waals surface area contributed by atoms with Crippen LogP contribution in [0, 0.1) is 0 Å². The Labute approximate surface area is 124 Å². The lowest BCUT2D eigenvalue weighted by atomic mass is 10.1. The molecule has 0 bridgehead atoms. The molecule has 2 aromatic carbocycles. The molecule has 0 saturated carbocycles. The van der Waals surface area contributed by atoms with Crippen LogP contribution in [0.3, 0.4) is 0 Å². The lowest BCUT2D eigenvalue weighted by Crippen LogP contribution is -2.12. The van der Waals surface area contributed by atoms with Crippen molar-refractivity contribution < 1.29 is 4.79 Å². The summed E-state index contributed by atoms with van der Waals surface area (Å²) in [6.07, 6.45) is 4.04. The molecule has 0 saturated heterocycles. The molecule has 0 aliphatic carbocycles. The van der Waals surface area contributed by atoms with Crippen LogP contribution >= 0.6 is 0 Å². The number of carbonyl (C=O) groups excluding carboxylic acids is 1. The fourth-order valence-electron chi connectivity index (χ4n) is 2.52. The molecule has 0 atom stereocenters. The van der Waals surface area contributed by atoms with Crippen LogP contribution in [0.1, 0.15) is 29.3 Å². The highest BCUT2D eigenvalue weighted by Gasteiger charge is 2.10. The number of aryl methyl sites for hydroxylation is 1. The number of nitrogens with one attached hydrogen (secondary N) is 2. The van der Waals surface area contributed by atoms with Gasteiger partial charge in [0, 0.05) is 17.3 Å². The first kappa shape index (κ1) is 13.4. The number of carbonyl (C=O) groups is 1. The number of aromatic nitrogens is 1. The normalized spacial score (nSPS) is 10.7. The van der Waals surface area contributed by atoms with Gasteiger partial charge in [0.05, 0.1) is 11.1 Å². The predicted octanol–water partition coefficient (Wildman–Crippen LogP) is 4.37. The standard InChI is InChI=1S/C18H18N2O/c1-2-4-13-7-9-15(10-8-13)20-18(21)16-6-3-5-14-11-12-19-17(14)16/h3,5-12,19H,2,4H2,1H3,(H,20,21). The molecule has 3 heteroatoms. The zero-order chi connectivity index (χ0) is 14.7. The minimum absolute atomic E-state index is 0.0914. The van der Waals surface area contributed by atoms with E-state index in [4.69, 9.17) is 0 Å². The molecule has 106 valence electrons. The maximum absolute atomic E-state index is 12.4. The number of fused-ring (bicyclic) bond motifs is 1. The summed E-state index contributed by atoms with van der Waals surface area (Å²) in [5.74, 6) is -0.0914. The third-order valence-corrected chi connectivity index (χ3v) is 3.58. The minimum atomic E-state index is -0.0914. The van der Waals surface area contributed by atoms with Crippen molar-refractivity contribution in [3.63, 3.8) is 0 Å². The van der Waals surface area contributed by atoms with E-state index in [9.17, 15) is 4.79 Å². The summed E-state index contributed by atoms with van der Waals surface area (Å²) in [5.41, 5.74) is 3.65. The second kappa shape index (κ2) is 5.83. The molecule has 0 unspecified atom stereocenters. The van der Waals surface area contributed by atoms with Gasteiger partial charge in [0.25, 0.3) is 5.91 Å². The zero-order valence-corrected chi connectivity index (χ0v) is 12.0. The number of benzene rings is 2. The van der Waals surface area contributed by atoms with Gasteiger partial charge in [-0.05, 0) is 36.2 Å². The average Bonchev–Trinajstić information content (AvgIpc) is 2.98. The van der Waals surface area contributed by atoms with Crippen LogP contribution < -0.4 is 5.32 Å². The van der Waals surface area contributed by atoms with Gasteiger partial charge in [0.2, 0.25) is 0 Å². The average molecular weight is 278 g/mol. The summed E-state index contributed by atoms with van der Waals surface area (Å²) in [5, 5.41) is 3.99. The van der Waals surface area contributed by atoms with Crippen molar-refractivity contribution >= 4 is 22.5 Å². The van der Waals surface area contributed by atoms with E-state index in [0.717, 1.165) is 29.4 Å². The topological polar surface area (TPSA) is 44.9 Å². The van der Waals surface area contributed by atoms with E-state index in [1.54, 1.807) is 0 Å². The quantitative estimate of drug-likeness (QED) is 0.731. The van der Waals surface area contributed by atoms with Gasteiger partial charge in [-0.1, -0.05) is 37.6 Å². The highest BCUT2D eigenvalue weighted by atomic mass is 16.1. The summed E-state index contributed by atoms with van der Waals surface area (Å²) in [6, 6.07) is 15.7. The summed E-state index contributed by atoms with van der Waals surface area (Å²) in [7, 11) is 0. The first-order valence-electron chi connectivity index (χ1n) is 7.24. The van der Waals surface area contributed by atoms with E-state index in [1.807, 2.05) is 42.6 Å². The van der Waals surface area contributed by atoms with Crippen LogP contribution in [0.15, 0.2) is 54.7 Å². The van der Waals surface area contributed by atoms with Crippen molar-refractivity contribution in [1.29, 1.82) is 0 Å². The van der Waals surface area contributed by atoms with Gasteiger partial charge in [-0.15, -0.1) is 0 Å². The summed E-state index contributed by atoms with van der Waals surface area (Å²) in [4.78, 5) is 15.5. The molecular weight excluding hydrogens is 260 g/mol. The van der Waals surface area contributed by atoms with Gasteiger partial charge in [-0.2, -0.15) is 0 Å². The SMILES string of the molecule is CCCc1ccc(NC(=O)c2cccc3cc[nH]c23)cc1. The van der Waals surface area contributed by atoms with Crippen LogP contribution in [0.4, 0.5) is 5.69 Å². The molecular formula is C18H18N2O. The lowest BCUT2D eigenvalue weighted by Gasteiger charge is -2.07. The van der Waals surface area contributed by atoms with Gasteiger partial charge in [-0.3, -0.25) is 4.79 Å². The van der Waals surface area contributed by atoms with Crippen molar-refractivity contribution in [2.45, 2.75) is 19.8 Å². The number of anilines is 1. The largest absolute Gasteiger partial charge is 0.361 e. The Hall–Kier alpha value is -2.55. The molecule has 3 nitrogen and oxygen atoms in total. The minimum Gasteiger partial charge on any atom is -0.361 e. The zero-order valence-electron chi connectivity index (χ0n) is 12.0. The molecule has 0 aliphatic rings. The number of amides is 1. The predicted molar refractivity (Wildman–Crippen MR) is 86.7 cm³/mol. The van der Waals surface area contributed by atoms with E-state index in [1.165, 1.54) is 5.56 Å². The summed E-state index contributed by atoms with van der Waals surface area (Å²) in [6.45, 7) is 2.16. The molecule has 1 aromatic heterocycles. The van der Waals surface area contributed by atoms with E-state index in [2.05, 4.69) is 29.4 Å². The van der Waals surface area contributed by atoms with Gasteiger partial charge in [0.15, 0.2) is 0 Å². The van der Waals surface area contributed by atoms with Gasteiger partial charge >= 0.3 is 0 Å². The van der Waals surface area contributed by atoms with Crippen molar-refractivity contribution in [2.24, 2.45) is 0 Å². The summed E-state index contributed by atoms with van der Waals surface area (Å²) < 4.78 is 0. The third kappa shape index (κ3) is 2.82. The summed E-state index contributed by atoms with van der Waals surface area (Å²) >= 11 is 0. The smallest absolute Gasteiger partial charge is 0.257 e. The molecule has 0 aliphatic heterocycles. The number of hydrogen-bond acceptors (Lipinski definition) is 1. The molecule has 1 amide bonds. The molecule has 1 heterocycles. The second-order valence-electron chi connectivity index (χ2n) is 5.15. The maximum atomic E-state index is 12.4. The van der Waals surface area contributed by atoms with Crippen LogP contribution in [0.5, 0.6) is 0 Å². The second-order valence-corrected chi connectivity index (χ2v) is 5.15. The number of H-pyrrole nitrogens is 1. The fraction of sp³-hybridized carbons (Fsp3) is 0.167. The van der Waals surface area contributed by atoms with Crippen molar-refractivity contribution in [2.75, 3.05) is 5.32 Å². The molecule has 0 spiro atoms. The molecule has 0 radical (unpaired) electrons. The number of aromatic amines is 1. The van der Waals surface area contributed by atoms with Crippen LogP contribution in [0.2, 0.25) is 0 Å². The van der Waals surface area contributed by atoms with E-state index >= 15 is 0 Å². The van der Waals surface area contributed by atoms with Crippen LogP contribution in [-0.2, 0) is 6.42 Å². The van der Waals surface area contributed by atoms with Crippen LogP contribution in [0.25, 0.3) is 10.9 Å². The Morgan fingerprint density at radius 2 is 1.90 bits per heavy atom. The van der Waals surface area contributed by atoms with Crippen molar-refractivity contribution in [3.05, 3.63) is 65.9 Å². The van der Waals surface area contributed by atoms with E-state index in [-0.39, 0.29) is 5.91 Å². The van der Waals surface area contributed by atoms with Gasteiger partial charge in [-0.25, -0.2) is 0 Å². The Morgan fingerprint density at radius 1 is 1.10 bits per heavy atom. The van der Waals surface area contributed by atoms with Crippen molar-refractivity contribution in [3.8, 4) is 0 Å². The Morgan fingerprint density at radius 3 is 2.67 bits per heavy atom. The highest BCUT2D eigenvalue weighted by molar-refractivity contribution is 6.11.